The molecule has 4 nitrogen and oxygen atoms in total. The summed E-state index contributed by atoms with van der Waals surface area (Å²) in [5, 5.41) is 0. The van der Waals surface area contributed by atoms with E-state index in [-0.39, 0.29) is 10.8 Å². The summed E-state index contributed by atoms with van der Waals surface area (Å²) in [5.74, 6) is 0. The summed E-state index contributed by atoms with van der Waals surface area (Å²) < 4.78 is 4.24. The summed E-state index contributed by atoms with van der Waals surface area (Å²) in [6.45, 7) is 12.1. The van der Waals surface area contributed by atoms with Crippen molar-refractivity contribution < 1.29 is 0 Å². The van der Waals surface area contributed by atoms with Gasteiger partial charge in [0.25, 0.3) is 0 Å². The van der Waals surface area contributed by atoms with Gasteiger partial charge < -0.3 is 9.13 Å². The van der Waals surface area contributed by atoms with Crippen LogP contribution >= 0.6 is 0 Å². The van der Waals surface area contributed by atoms with Crippen LogP contribution in [0.2, 0.25) is 0 Å². The van der Waals surface area contributed by atoms with Crippen LogP contribution in [0.15, 0.2) is 79.8 Å². The van der Waals surface area contributed by atoms with Crippen molar-refractivity contribution >= 4 is 0 Å². The second-order valence-electron chi connectivity index (χ2n) is 9.67. The molecule has 4 aromatic rings. The standard InChI is InChI=1S/C26H30N4/c1-25(2,3)21-9-6-8-20(14-21)24-16-29(19-28-24)17-26(4,5)22-10-7-11-23(15-22)30-13-12-27-18-30/h6-16,18-19H,17H2,1-5H3. The molecule has 2 aromatic heterocycles. The number of nitrogens with zero attached hydrogens (tertiary/aromatic N) is 4. The third kappa shape index (κ3) is 4.23. The molecule has 0 bridgehead atoms. The maximum Gasteiger partial charge on any atom is 0.0991 e. The lowest BCUT2D eigenvalue weighted by molar-refractivity contribution is 0.434. The van der Waals surface area contributed by atoms with Gasteiger partial charge in [0.1, 0.15) is 0 Å². The summed E-state index contributed by atoms with van der Waals surface area (Å²) in [6.07, 6.45) is 9.71. The van der Waals surface area contributed by atoms with Crippen LogP contribution in [0.5, 0.6) is 0 Å². The molecule has 0 unspecified atom stereocenters. The van der Waals surface area contributed by atoms with E-state index in [2.05, 4.69) is 98.9 Å². The Labute approximate surface area is 179 Å². The Morgan fingerprint density at radius 3 is 2.37 bits per heavy atom. The normalized spacial score (nSPS) is 12.3. The zero-order valence-corrected chi connectivity index (χ0v) is 18.5. The zero-order valence-electron chi connectivity index (χ0n) is 18.5. The van der Waals surface area contributed by atoms with Gasteiger partial charge in [-0.15, -0.1) is 0 Å². The van der Waals surface area contributed by atoms with Crippen molar-refractivity contribution in [3.8, 4) is 16.9 Å². The predicted molar refractivity (Wildman–Crippen MR) is 123 cm³/mol. The number of hydrogen-bond donors (Lipinski definition) is 0. The van der Waals surface area contributed by atoms with E-state index in [1.54, 1.807) is 6.20 Å². The molecule has 2 aromatic carbocycles. The third-order valence-corrected chi connectivity index (χ3v) is 5.67. The highest BCUT2D eigenvalue weighted by Crippen LogP contribution is 2.29. The molecule has 0 atom stereocenters. The first-order valence-electron chi connectivity index (χ1n) is 10.4. The van der Waals surface area contributed by atoms with Crippen molar-refractivity contribution in [2.24, 2.45) is 0 Å². The molecule has 0 spiro atoms. The fourth-order valence-corrected chi connectivity index (χ4v) is 3.79. The van der Waals surface area contributed by atoms with Gasteiger partial charge in [0, 0.05) is 41.8 Å². The molecule has 4 heteroatoms. The maximum absolute atomic E-state index is 4.70. The lowest BCUT2D eigenvalue weighted by Gasteiger charge is -2.26. The van der Waals surface area contributed by atoms with Crippen LogP contribution in [0.1, 0.15) is 45.7 Å². The van der Waals surface area contributed by atoms with Crippen molar-refractivity contribution in [3.05, 3.63) is 90.9 Å². The highest BCUT2D eigenvalue weighted by molar-refractivity contribution is 5.59. The Hall–Kier alpha value is -3.14. The van der Waals surface area contributed by atoms with Crippen molar-refractivity contribution in [1.82, 2.24) is 19.1 Å². The molecule has 4 rings (SSSR count). The van der Waals surface area contributed by atoms with E-state index in [0.717, 1.165) is 17.9 Å². The maximum atomic E-state index is 4.70. The Morgan fingerprint density at radius 1 is 0.867 bits per heavy atom. The van der Waals surface area contributed by atoms with Gasteiger partial charge in [-0.1, -0.05) is 65.0 Å². The van der Waals surface area contributed by atoms with Crippen LogP contribution in [0, 0.1) is 0 Å². The molecule has 0 aliphatic carbocycles. The van der Waals surface area contributed by atoms with Crippen LogP contribution in [0.4, 0.5) is 0 Å². The third-order valence-electron chi connectivity index (χ3n) is 5.67. The summed E-state index contributed by atoms with van der Waals surface area (Å²) >= 11 is 0. The SMILES string of the molecule is CC(C)(C)c1cccc(-c2cn(CC(C)(C)c3cccc(-n4ccnc4)c3)cn2)c1. The quantitative estimate of drug-likeness (QED) is 0.413. The van der Waals surface area contributed by atoms with Gasteiger partial charge in [-0.2, -0.15) is 0 Å². The lowest BCUT2D eigenvalue weighted by Crippen LogP contribution is -2.24. The van der Waals surface area contributed by atoms with Crippen LogP contribution in [0.25, 0.3) is 16.9 Å². The van der Waals surface area contributed by atoms with Crippen molar-refractivity contribution in [1.29, 1.82) is 0 Å². The van der Waals surface area contributed by atoms with Crippen molar-refractivity contribution in [3.63, 3.8) is 0 Å². The van der Waals surface area contributed by atoms with Crippen LogP contribution in [-0.2, 0) is 17.4 Å². The van der Waals surface area contributed by atoms with E-state index < -0.39 is 0 Å². The second kappa shape index (κ2) is 7.60. The average Bonchev–Trinajstić information content (AvgIpc) is 3.39. The first-order chi connectivity index (χ1) is 14.2. The summed E-state index contributed by atoms with van der Waals surface area (Å²) in [6, 6.07) is 17.4. The molecule has 0 radical (unpaired) electrons. The van der Waals surface area contributed by atoms with Crippen LogP contribution in [0.3, 0.4) is 0 Å². The molecule has 0 saturated carbocycles. The Morgan fingerprint density at radius 2 is 1.63 bits per heavy atom. The van der Waals surface area contributed by atoms with E-state index >= 15 is 0 Å². The first kappa shape index (κ1) is 20.1. The molecule has 2 heterocycles. The fraction of sp³-hybridized carbons (Fsp3) is 0.308. The monoisotopic (exact) mass is 398 g/mol. The van der Waals surface area contributed by atoms with E-state index in [0.29, 0.717) is 0 Å². The number of rotatable bonds is 5. The molecule has 0 aliphatic heterocycles. The molecular weight excluding hydrogens is 368 g/mol. The van der Waals surface area contributed by atoms with Gasteiger partial charge >= 0.3 is 0 Å². The number of aromatic nitrogens is 4. The predicted octanol–water partition coefficient (Wildman–Crippen LogP) is 6.01. The molecule has 0 amide bonds. The van der Waals surface area contributed by atoms with Crippen LogP contribution in [-0.4, -0.2) is 19.1 Å². The largest absolute Gasteiger partial charge is 0.336 e. The van der Waals surface area contributed by atoms with Crippen LogP contribution < -0.4 is 0 Å². The molecule has 0 aliphatic rings. The summed E-state index contributed by atoms with van der Waals surface area (Å²) in [5.41, 5.74) is 6.02. The minimum Gasteiger partial charge on any atom is -0.336 e. The van der Waals surface area contributed by atoms with E-state index in [1.807, 2.05) is 23.4 Å². The molecular formula is C26H30N4. The van der Waals surface area contributed by atoms with Gasteiger partial charge in [-0.05, 0) is 34.7 Å². The van der Waals surface area contributed by atoms with Gasteiger partial charge in [0.2, 0.25) is 0 Å². The topological polar surface area (TPSA) is 35.6 Å². The molecule has 30 heavy (non-hydrogen) atoms. The Balaban J connectivity index is 1.57. The molecule has 0 fully saturated rings. The average molecular weight is 399 g/mol. The minimum atomic E-state index is -0.0399. The van der Waals surface area contributed by atoms with Gasteiger partial charge in [0.15, 0.2) is 0 Å². The Bertz CT molecular complexity index is 1130. The number of imidazole rings is 2. The molecule has 0 saturated heterocycles. The van der Waals surface area contributed by atoms with Gasteiger partial charge in [-0.3, -0.25) is 0 Å². The molecule has 0 N–H and O–H groups in total. The van der Waals surface area contributed by atoms with Crippen molar-refractivity contribution in [2.75, 3.05) is 0 Å². The van der Waals surface area contributed by atoms with Crippen molar-refractivity contribution in [2.45, 2.75) is 52.0 Å². The summed E-state index contributed by atoms with van der Waals surface area (Å²) in [7, 11) is 0. The number of hydrogen-bond acceptors (Lipinski definition) is 2. The highest BCUT2D eigenvalue weighted by Gasteiger charge is 2.22. The second-order valence-corrected chi connectivity index (χ2v) is 9.67. The fourth-order valence-electron chi connectivity index (χ4n) is 3.79. The minimum absolute atomic E-state index is 0.0399. The first-order valence-corrected chi connectivity index (χ1v) is 10.4. The van der Waals surface area contributed by atoms with E-state index in [1.165, 1.54) is 16.7 Å². The Kier molecular flexibility index (Phi) is 5.10. The van der Waals surface area contributed by atoms with E-state index in [9.17, 15) is 0 Å². The van der Waals surface area contributed by atoms with Gasteiger partial charge in [0.05, 0.1) is 18.3 Å². The van der Waals surface area contributed by atoms with Gasteiger partial charge in [-0.25, -0.2) is 9.97 Å². The zero-order chi connectivity index (χ0) is 21.4. The lowest BCUT2D eigenvalue weighted by atomic mass is 9.84. The highest BCUT2D eigenvalue weighted by atomic mass is 15.0. The number of benzene rings is 2. The molecule has 154 valence electrons. The summed E-state index contributed by atoms with van der Waals surface area (Å²) in [4.78, 5) is 8.86. The van der Waals surface area contributed by atoms with E-state index in [4.69, 9.17) is 4.98 Å². The smallest absolute Gasteiger partial charge is 0.0991 e.